The van der Waals surface area contributed by atoms with E-state index in [9.17, 15) is 0 Å². The van der Waals surface area contributed by atoms with Crippen molar-refractivity contribution < 1.29 is 0 Å². The molecule has 0 amide bonds. The van der Waals surface area contributed by atoms with Gasteiger partial charge in [0.25, 0.3) is 0 Å². The first-order valence-electron chi connectivity index (χ1n) is 10.4. The Morgan fingerprint density at radius 1 is 0.867 bits per heavy atom. The van der Waals surface area contributed by atoms with E-state index >= 15 is 0 Å². The molecule has 0 bridgehead atoms. The number of aromatic amines is 1. The van der Waals surface area contributed by atoms with Gasteiger partial charge in [0, 0.05) is 29.4 Å². The largest absolute Gasteiger partial charge is 0.341 e. The van der Waals surface area contributed by atoms with Crippen molar-refractivity contribution >= 4 is 23.2 Å². The molecule has 0 aliphatic carbocycles. The van der Waals surface area contributed by atoms with Crippen molar-refractivity contribution in [3.63, 3.8) is 0 Å². The number of benzene rings is 1. The molecule has 0 unspecified atom stereocenters. The Bertz CT molecular complexity index is 872. The highest BCUT2D eigenvalue weighted by atomic mass is 35.5. The summed E-state index contributed by atoms with van der Waals surface area (Å²) in [6, 6.07) is 9.62. The fourth-order valence-corrected chi connectivity index (χ4v) is 3.56. The molecular formula is C24H34Cl2N4. The van der Waals surface area contributed by atoms with Gasteiger partial charge in [-0.3, -0.25) is 4.98 Å². The van der Waals surface area contributed by atoms with Gasteiger partial charge in [0.05, 0.1) is 21.4 Å². The molecule has 30 heavy (non-hydrogen) atoms. The minimum absolute atomic E-state index is 0. The zero-order valence-electron chi connectivity index (χ0n) is 17.6. The van der Waals surface area contributed by atoms with Gasteiger partial charge in [-0.1, -0.05) is 64.4 Å². The minimum Gasteiger partial charge on any atom is -0.341 e. The summed E-state index contributed by atoms with van der Waals surface area (Å²) in [4.78, 5) is 12.6. The molecule has 1 fully saturated rings. The van der Waals surface area contributed by atoms with E-state index in [0.717, 1.165) is 54.3 Å². The molecule has 6 heteroatoms. The lowest BCUT2D eigenvalue weighted by Gasteiger charge is -2.20. The Morgan fingerprint density at radius 3 is 2.10 bits per heavy atom. The first kappa shape index (κ1) is 26.2. The summed E-state index contributed by atoms with van der Waals surface area (Å²) in [7, 11) is 0. The van der Waals surface area contributed by atoms with Crippen molar-refractivity contribution in [1.29, 1.82) is 0 Å². The second kappa shape index (κ2) is 13.4. The van der Waals surface area contributed by atoms with Crippen LogP contribution in [0.15, 0.2) is 42.7 Å². The fraction of sp³-hybridized carbons (Fsp3) is 0.417. The summed E-state index contributed by atoms with van der Waals surface area (Å²) in [6.45, 7) is 10.1. The molecule has 0 atom stereocenters. The first-order valence-corrected chi connectivity index (χ1v) is 11.1. The smallest absolute Gasteiger partial charge is 0.110 e. The van der Waals surface area contributed by atoms with Crippen LogP contribution in [0.2, 0.25) is 10.0 Å². The van der Waals surface area contributed by atoms with Gasteiger partial charge in [0.1, 0.15) is 5.82 Å². The first-order chi connectivity index (χ1) is 14.2. The van der Waals surface area contributed by atoms with Gasteiger partial charge in [-0.15, -0.1) is 0 Å². The molecule has 0 radical (unpaired) electrons. The molecule has 2 N–H and O–H groups in total. The maximum atomic E-state index is 6.23. The van der Waals surface area contributed by atoms with Crippen LogP contribution in [-0.2, 0) is 0 Å². The van der Waals surface area contributed by atoms with Crippen molar-refractivity contribution in [2.24, 2.45) is 0 Å². The standard InChI is InChI=1S/C19H18Cl2N4.2C2H6.CH4/c20-15-2-1-14(11-16(15)21)18-17(12-3-7-22-8-4-12)24-19(25-18)13-5-9-23-10-6-13;2*1-2;/h1-4,7-8,11,13,23H,5-6,9-10H2,(H,24,25);2*1-2H3;1H4. The van der Waals surface area contributed by atoms with E-state index < -0.39 is 0 Å². The van der Waals surface area contributed by atoms with E-state index in [-0.39, 0.29) is 7.43 Å². The fourth-order valence-electron chi connectivity index (χ4n) is 3.26. The molecule has 0 saturated carbocycles. The second-order valence-corrected chi connectivity index (χ2v) is 7.05. The molecule has 2 aromatic heterocycles. The monoisotopic (exact) mass is 448 g/mol. The van der Waals surface area contributed by atoms with Gasteiger partial charge in [0.2, 0.25) is 0 Å². The SMILES string of the molecule is C.CC.CC.Clc1ccc(-c2nc(C3CCNCC3)[nH]c2-c2ccncc2)cc1Cl. The van der Waals surface area contributed by atoms with Gasteiger partial charge >= 0.3 is 0 Å². The van der Waals surface area contributed by atoms with Crippen LogP contribution in [-0.4, -0.2) is 28.0 Å². The van der Waals surface area contributed by atoms with Gasteiger partial charge in [-0.25, -0.2) is 4.98 Å². The van der Waals surface area contributed by atoms with Crippen LogP contribution < -0.4 is 5.32 Å². The maximum Gasteiger partial charge on any atom is 0.110 e. The summed E-state index contributed by atoms with van der Waals surface area (Å²) < 4.78 is 0. The zero-order chi connectivity index (χ0) is 21.2. The van der Waals surface area contributed by atoms with Crippen LogP contribution in [0.3, 0.4) is 0 Å². The Labute approximate surface area is 191 Å². The highest BCUT2D eigenvalue weighted by molar-refractivity contribution is 6.42. The number of pyridine rings is 1. The summed E-state index contributed by atoms with van der Waals surface area (Å²) in [6.07, 6.45) is 5.76. The molecule has 1 saturated heterocycles. The second-order valence-electron chi connectivity index (χ2n) is 6.23. The molecule has 164 valence electrons. The molecular weight excluding hydrogens is 415 g/mol. The van der Waals surface area contributed by atoms with E-state index in [1.807, 2.05) is 58.0 Å². The van der Waals surface area contributed by atoms with Crippen LogP contribution in [0.1, 0.15) is 59.7 Å². The van der Waals surface area contributed by atoms with E-state index in [2.05, 4.69) is 15.3 Å². The summed E-state index contributed by atoms with van der Waals surface area (Å²) in [5, 5.41) is 4.48. The van der Waals surface area contributed by atoms with Gasteiger partial charge in [-0.05, 0) is 50.2 Å². The third-order valence-corrected chi connectivity index (χ3v) is 5.35. The van der Waals surface area contributed by atoms with Gasteiger partial charge in [-0.2, -0.15) is 0 Å². The average molecular weight is 449 g/mol. The summed E-state index contributed by atoms with van der Waals surface area (Å²) >= 11 is 12.3. The highest BCUT2D eigenvalue weighted by Crippen LogP contribution is 2.36. The molecule has 1 aliphatic rings. The predicted molar refractivity (Wildman–Crippen MR) is 132 cm³/mol. The lowest BCUT2D eigenvalue weighted by atomic mass is 9.98. The van der Waals surface area contributed by atoms with Crippen molar-refractivity contribution in [2.45, 2.75) is 53.9 Å². The Balaban J connectivity index is 0.000000851. The number of hydrogen-bond donors (Lipinski definition) is 2. The predicted octanol–water partition coefficient (Wildman–Crippen LogP) is 7.60. The van der Waals surface area contributed by atoms with Crippen LogP contribution in [0.4, 0.5) is 0 Å². The molecule has 4 nitrogen and oxygen atoms in total. The summed E-state index contributed by atoms with van der Waals surface area (Å²) in [5.41, 5.74) is 3.91. The van der Waals surface area contributed by atoms with E-state index in [0.29, 0.717) is 16.0 Å². The quantitative estimate of drug-likeness (QED) is 0.433. The third-order valence-electron chi connectivity index (χ3n) is 4.61. The summed E-state index contributed by atoms with van der Waals surface area (Å²) in [5.74, 6) is 1.48. The third kappa shape index (κ3) is 6.31. The molecule has 3 heterocycles. The lowest BCUT2D eigenvalue weighted by molar-refractivity contribution is 0.447. The van der Waals surface area contributed by atoms with E-state index in [4.69, 9.17) is 28.2 Å². The van der Waals surface area contributed by atoms with E-state index in [1.165, 1.54) is 0 Å². The Hall–Kier alpha value is -1.88. The molecule has 1 aliphatic heterocycles. The number of piperidine rings is 1. The van der Waals surface area contributed by atoms with Crippen LogP contribution in [0.5, 0.6) is 0 Å². The highest BCUT2D eigenvalue weighted by Gasteiger charge is 2.22. The van der Waals surface area contributed by atoms with E-state index in [1.54, 1.807) is 12.4 Å². The molecule has 1 aromatic carbocycles. The van der Waals surface area contributed by atoms with Crippen LogP contribution in [0, 0.1) is 0 Å². The Kier molecular flexibility index (Phi) is 11.7. The number of rotatable bonds is 3. The van der Waals surface area contributed by atoms with Crippen molar-refractivity contribution in [3.8, 4) is 22.5 Å². The number of nitrogens with zero attached hydrogens (tertiary/aromatic N) is 2. The van der Waals surface area contributed by atoms with Crippen LogP contribution >= 0.6 is 23.2 Å². The number of H-pyrrole nitrogens is 1. The normalized spacial score (nSPS) is 13.3. The number of halogens is 2. The average Bonchev–Trinajstić information content (AvgIpc) is 3.25. The van der Waals surface area contributed by atoms with Crippen molar-refractivity contribution in [3.05, 3.63) is 58.6 Å². The van der Waals surface area contributed by atoms with Crippen molar-refractivity contribution in [2.75, 3.05) is 13.1 Å². The number of imidazole rings is 1. The number of aromatic nitrogens is 3. The number of hydrogen-bond acceptors (Lipinski definition) is 3. The molecule has 0 spiro atoms. The maximum absolute atomic E-state index is 6.23. The molecule has 4 rings (SSSR count). The van der Waals surface area contributed by atoms with Crippen molar-refractivity contribution in [1.82, 2.24) is 20.3 Å². The number of nitrogens with one attached hydrogen (secondary N) is 2. The topological polar surface area (TPSA) is 53.6 Å². The zero-order valence-corrected chi connectivity index (χ0v) is 19.1. The Morgan fingerprint density at radius 2 is 1.50 bits per heavy atom. The lowest BCUT2D eigenvalue weighted by Crippen LogP contribution is -2.27. The molecule has 3 aromatic rings. The van der Waals surface area contributed by atoms with Gasteiger partial charge in [0.15, 0.2) is 0 Å². The minimum atomic E-state index is 0. The van der Waals surface area contributed by atoms with Gasteiger partial charge < -0.3 is 10.3 Å². The van der Waals surface area contributed by atoms with Crippen LogP contribution in [0.25, 0.3) is 22.5 Å².